The first-order valence-electron chi connectivity index (χ1n) is 11.4. The fourth-order valence-electron chi connectivity index (χ4n) is 3.91. The van der Waals surface area contributed by atoms with Gasteiger partial charge in [0.05, 0.1) is 36.3 Å². The largest absolute Gasteiger partial charge is 0.467 e. The van der Waals surface area contributed by atoms with Gasteiger partial charge < -0.3 is 14.1 Å². The number of hydrogen-bond acceptors (Lipinski definition) is 4. The van der Waals surface area contributed by atoms with Crippen molar-refractivity contribution in [2.75, 3.05) is 0 Å². The summed E-state index contributed by atoms with van der Waals surface area (Å²) >= 11 is 0. The smallest absolute Gasteiger partial charge is 0.254 e. The van der Waals surface area contributed by atoms with Crippen LogP contribution in [-0.2, 0) is 13.1 Å². The van der Waals surface area contributed by atoms with Gasteiger partial charge in [-0.2, -0.15) is 5.10 Å². The van der Waals surface area contributed by atoms with Gasteiger partial charge in [-0.25, -0.2) is 4.68 Å². The molecule has 5 rings (SSSR count). The molecule has 3 aromatic carbocycles. The van der Waals surface area contributed by atoms with E-state index in [9.17, 15) is 4.79 Å². The van der Waals surface area contributed by atoms with Gasteiger partial charge >= 0.3 is 0 Å². The number of carbonyl (C=O) groups excluding carboxylic acids is 1. The Labute approximate surface area is 204 Å². The van der Waals surface area contributed by atoms with E-state index in [0.717, 1.165) is 16.9 Å². The number of hydrogen-bond donors (Lipinski definition) is 0. The Morgan fingerprint density at radius 2 is 1.51 bits per heavy atom. The second-order valence-corrected chi connectivity index (χ2v) is 8.14. The highest BCUT2D eigenvalue weighted by Gasteiger charge is 2.25. The Kier molecular flexibility index (Phi) is 6.44. The Morgan fingerprint density at radius 3 is 2.17 bits per heavy atom. The Balaban J connectivity index is 1.56. The number of ether oxygens (including phenoxy) is 1. The first kappa shape index (κ1) is 22.2. The zero-order valence-corrected chi connectivity index (χ0v) is 19.4. The van der Waals surface area contributed by atoms with Crippen LogP contribution in [0, 0.1) is 6.92 Å². The molecule has 0 saturated heterocycles. The quantitative estimate of drug-likeness (QED) is 0.267. The minimum atomic E-state index is -0.0977. The summed E-state index contributed by atoms with van der Waals surface area (Å²) in [6, 6.07) is 32.4. The number of benzene rings is 3. The molecule has 1 amide bonds. The average molecular weight is 464 g/mol. The molecule has 174 valence electrons. The van der Waals surface area contributed by atoms with Crippen molar-refractivity contribution < 1.29 is 13.9 Å². The fourth-order valence-corrected chi connectivity index (χ4v) is 3.91. The van der Waals surface area contributed by atoms with E-state index in [1.54, 1.807) is 15.8 Å². The monoisotopic (exact) mass is 463 g/mol. The molecular weight excluding hydrogens is 438 g/mol. The molecule has 0 radical (unpaired) electrons. The van der Waals surface area contributed by atoms with Crippen LogP contribution in [0.5, 0.6) is 11.6 Å². The molecule has 0 bridgehead atoms. The Hall–Kier alpha value is -4.58. The van der Waals surface area contributed by atoms with Gasteiger partial charge in [-0.1, -0.05) is 54.6 Å². The number of para-hydroxylation sites is 2. The maximum absolute atomic E-state index is 13.5. The molecule has 0 aliphatic rings. The van der Waals surface area contributed by atoms with Gasteiger partial charge in [-0.3, -0.25) is 4.79 Å². The third kappa shape index (κ3) is 5.01. The molecular formula is C29H25N3O3. The van der Waals surface area contributed by atoms with Crippen LogP contribution in [0.25, 0.3) is 5.69 Å². The predicted molar refractivity (Wildman–Crippen MR) is 134 cm³/mol. The van der Waals surface area contributed by atoms with Crippen LogP contribution in [0.1, 0.15) is 27.4 Å². The number of amides is 1. The van der Waals surface area contributed by atoms with Crippen molar-refractivity contribution in [3.05, 3.63) is 132 Å². The van der Waals surface area contributed by atoms with Crippen LogP contribution in [0.4, 0.5) is 0 Å². The van der Waals surface area contributed by atoms with Crippen LogP contribution in [0.2, 0.25) is 0 Å². The van der Waals surface area contributed by atoms with E-state index in [1.165, 1.54) is 0 Å². The van der Waals surface area contributed by atoms with Crippen LogP contribution in [0.15, 0.2) is 114 Å². The maximum atomic E-state index is 13.5. The highest BCUT2D eigenvalue weighted by molar-refractivity contribution is 5.94. The Bertz CT molecular complexity index is 1380. The molecule has 0 unspecified atom stereocenters. The maximum Gasteiger partial charge on any atom is 0.254 e. The summed E-state index contributed by atoms with van der Waals surface area (Å²) in [6.07, 6.45) is 1.61. The van der Waals surface area contributed by atoms with Gasteiger partial charge in [0.2, 0.25) is 5.88 Å². The summed E-state index contributed by atoms with van der Waals surface area (Å²) < 4.78 is 13.7. The summed E-state index contributed by atoms with van der Waals surface area (Å²) in [7, 11) is 0. The van der Waals surface area contributed by atoms with Gasteiger partial charge in [0.15, 0.2) is 0 Å². The fraction of sp³-hybridized carbons (Fsp3) is 0.103. The van der Waals surface area contributed by atoms with Gasteiger partial charge in [0.1, 0.15) is 11.5 Å². The second kappa shape index (κ2) is 10.1. The molecule has 2 heterocycles. The lowest BCUT2D eigenvalue weighted by molar-refractivity contribution is 0.0716. The number of nitrogens with zero attached hydrogens (tertiary/aromatic N) is 3. The average Bonchev–Trinajstić information content (AvgIpc) is 3.53. The van der Waals surface area contributed by atoms with Crippen LogP contribution < -0.4 is 4.74 Å². The molecule has 5 aromatic rings. The standard InChI is InChI=1S/C29H25N3O3/c1-22-27(21-31(20-26-18-11-19-34-26)28(33)23-12-5-2-6-13-23)29(35-25-16-9-4-10-17-25)32(30-22)24-14-7-3-8-15-24/h2-19H,20-21H2,1H3. The van der Waals surface area contributed by atoms with Crippen molar-refractivity contribution in [3.8, 4) is 17.3 Å². The first-order valence-corrected chi connectivity index (χ1v) is 11.4. The Morgan fingerprint density at radius 1 is 0.857 bits per heavy atom. The van der Waals surface area contributed by atoms with E-state index >= 15 is 0 Å². The van der Waals surface area contributed by atoms with Crippen LogP contribution >= 0.6 is 0 Å². The van der Waals surface area contributed by atoms with Gasteiger partial charge in [0.25, 0.3) is 5.91 Å². The molecule has 6 heteroatoms. The van der Waals surface area contributed by atoms with Gasteiger partial charge in [-0.05, 0) is 55.5 Å². The predicted octanol–water partition coefficient (Wildman–Crippen LogP) is 6.41. The highest BCUT2D eigenvalue weighted by Crippen LogP contribution is 2.32. The molecule has 0 spiro atoms. The van der Waals surface area contributed by atoms with Crippen LogP contribution in [0.3, 0.4) is 0 Å². The van der Waals surface area contributed by atoms with E-state index in [4.69, 9.17) is 14.3 Å². The summed E-state index contributed by atoms with van der Waals surface area (Å²) in [5.41, 5.74) is 3.09. The van der Waals surface area contributed by atoms with Crippen molar-refractivity contribution >= 4 is 5.91 Å². The topological polar surface area (TPSA) is 60.5 Å². The number of aromatic nitrogens is 2. The summed E-state index contributed by atoms with van der Waals surface area (Å²) in [6.45, 7) is 2.56. The zero-order chi connectivity index (χ0) is 24.0. The second-order valence-electron chi connectivity index (χ2n) is 8.14. The number of carbonyl (C=O) groups is 1. The van der Waals surface area contributed by atoms with Crippen LogP contribution in [-0.4, -0.2) is 20.6 Å². The van der Waals surface area contributed by atoms with E-state index in [1.807, 2.05) is 110 Å². The molecule has 0 saturated carbocycles. The van der Waals surface area contributed by atoms with Crippen molar-refractivity contribution in [2.45, 2.75) is 20.0 Å². The van der Waals surface area contributed by atoms with Gasteiger partial charge in [0, 0.05) is 5.56 Å². The molecule has 0 N–H and O–H groups in total. The summed E-state index contributed by atoms with van der Waals surface area (Å²) in [5.74, 6) is 1.87. The summed E-state index contributed by atoms with van der Waals surface area (Å²) in [4.78, 5) is 15.3. The molecule has 35 heavy (non-hydrogen) atoms. The van der Waals surface area contributed by atoms with E-state index in [2.05, 4.69) is 0 Å². The van der Waals surface area contributed by atoms with E-state index < -0.39 is 0 Å². The molecule has 0 fully saturated rings. The molecule has 0 atom stereocenters. The van der Waals surface area contributed by atoms with Crippen molar-refractivity contribution in [3.63, 3.8) is 0 Å². The minimum Gasteiger partial charge on any atom is -0.467 e. The third-order valence-electron chi connectivity index (χ3n) is 5.68. The molecule has 2 aromatic heterocycles. The third-order valence-corrected chi connectivity index (χ3v) is 5.68. The minimum absolute atomic E-state index is 0.0977. The van der Waals surface area contributed by atoms with Crippen molar-refractivity contribution in [1.82, 2.24) is 14.7 Å². The number of aryl methyl sites for hydroxylation is 1. The molecule has 0 aliphatic heterocycles. The highest BCUT2D eigenvalue weighted by atomic mass is 16.5. The SMILES string of the molecule is Cc1nn(-c2ccccc2)c(Oc2ccccc2)c1CN(Cc1ccco1)C(=O)c1ccccc1. The lowest BCUT2D eigenvalue weighted by atomic mass is 10.1. The molecule has 0 aliphatic carbocycles. The summed E-state index contributed by atoms with van der Waals surface area (Å²) in [5, 5.41) is 4.79. The van der Waals surface area contributed by atoms with Gasteiger partial charge in [-0.15, -0.1) is 0 Å². The lowest BCUT2D eigenvalue weighted by Gasteiger charge is -2.22. The first-order chi connectivity index (χ1) is 17.2. The lowest BCUT2D eigenvalue weighted by Crippen LogP contribution is -2.30. The van der Waals surface area contributed by atoms with Crippen molar-refractivity contribution in [1.29, 1.82) is 0 Å². The van der Waals surface area contributed by atoms with E-state index in [0.29, 0.717) is 36.0 Å². The number of rotatable bonds is 8. The molecule has 6 nitrogen and oxygen atoms in total. The van der Waals surface area contributed by atoms with E-state index in [-0.39, 0.29) is 5.91 Å². The zero-order valence-electron chi connectivity index (χ0n) is 19.4. The number of furan rings is 1. The normalized spacial score (nSPS) is 10.8. The van der Waals surface area contributed by atoms with Crippen molar-refractivity contribution in [2.24, 2.45) is 0 Å².